The third-order valence-corrected chi connectivity index (χ3v) is 6.69. The molecule has 3 heterocycles. The van der Waals surface area contributed by atoms with E-state index in [0.717, 1.165) is 46.6 Å². The summed E-state index contributed by atoms with van der Waals surface area (Å²) in [5.41, 5.74) is 1.89. The van der Waals surface area contributed by atoms with Crippen molar-refractivity contribution in [1.82, 2.24) is 15.2 Å². The van der Waals surface area contributed by atoms with E-state index in [9.17, 15) is 4.79 Å². The lowest BCUT2D eigenvalue weighted by atomic mass is 10.2. The van der Waals surface area contributed by atoms with Gasteiger partial charge < -0.3 is 9.73 Å². The fourth-order valence-electron chi connectivity index (χ4n) is 4.09. The van der Waals surface area contributed by atoms with Gasteiger partial charge in [-0.1, -0.05) is 30.3 Å². The van der Waals surface area contributed by atoms with Gasteiger partial charge >= 0.3 is 0 Å². The Morgan fingerprint density at radius 2 is 2.10 bits per heavy atom. The van der Waals surface area contributed by atoms with Crippen LogP contribution in [0.25, 0.3) is 21.2 Å². The summed E-state index contributed by atoms with van der Waals surface area (Å²) >= 11 is 1.74. The van der Waals surface area contributed by atoms with Crippen molar-refractivity contribution in [3.8, 4) is 0 Å². The van der Waals surface area contributed by atoms with Gasteiger partial charge in [-0.2, -0.15) is 0 Å². The molecule has 1 fully saturated rings. The maximum Gasteiger partial charge on any atom is 0.234 e. The van der Waals surface area contributed by atoms with Crippen LogP contribution in [-0.2, 0) is 4.79 Å². The van der Waals surface area contributed by atoms with E-state index in [1.807, 2.05) is 49.4 Å². The lowest BCUT2D eigenvalue weighted by Crippen LogP contribution is -2.37. The number of para-hydroxylation sites is 2. The number of rotatable bonds is 5. The third-order valence-electron chi connectivity index (χ3n) is 5.55. The van der Waals surface area contributed by atoms with Gasteiger partial charge in [-0.25, -0.2) is 4.98 Å². The van der Waals surface area contributed by atoms with E-state index in [1.165, 1.54) is 4.70 Å². The fourth-order valence-corrected chi connectivity index (χ4v) is 5.22. The molecule has 2 atom stereocenters. The Kier molecular flexibility index (Phi) is 4.81. The van der Waals surface area contributed by atoms with Crippen LogP contribution in [0.1, 0.15) is 42.6 Å². The lowest BCUT2D eigenvalue weighted by molar-refractivity contribution is -0.123. The summed E-state index contributed by atoms with van der Waals surface area (Å²) in [7, 11) is 0. The summed E-state index contributed by atoms with van der Waals surface area (Å²) in [6.07, 6.45) is 2.14. The fraction of sp³-hybridized carbons (Fsp3) is 0.304. The van der Waals surface area contributed by atoms with Crippen molar-refractivity contribution in [2.45, 2.75) is 31.8 Å². The number of thiazole rings is 1. The van der Waals surface area contributed by atoms with Gasteiger partial charge in [-0.05, 0) is 50.6 Å². The first-order valence-electron chi connectivity index (χ1n) is 10.0. The Morgan fingerprint density at radius 3 is 2.97 bits per heavy atom. The highest BCUT2D eigenvalue weighted by Crippen LogP contribution is 2.36. The average molecular weight is 406 g/mol. The van der Waals surface area contributed by atoms with Gasteiger partial charge in [-0.3, -0.25) is 9.69 Å². The molecule has 6 heteroatoms. The SMILES string of the molecule is C[C@H](NC(=O)CN1CCC[C@@H]1c1nc2ccccc2s1)c1cc2ccccc2o1. The molecule has 0 unspecified atom stereocenters. The molecule has 1 N–H and O–H groups in total. The molecule has 1 aliphatic rings. The smallest absolute Gasteiger partial charge is 0.234 e. The Bertz CT molecular complexity index is 1100. The summed E-state index contributed by atoms with van der Waals surface area (Å²) in [5, 5.41) is 5.26. The van der Waals surface area contributed by atoms with Crippen molar-refractivity contribution in [1.29, 1.82) is 0 Å². The molecular weight excluding hydrogens is 382 g/mol. The van der Waals surface area contributed by atoms with Crippen molar-refractivity contribution in [2.24, 2.45) is 0 Å². The van der Waals surface area contributed by atoms with Crippen molar-refractivity contribution in [2.75, 3.05) is 13.1 Å². The Morgan fingerprint density at radius 1 is 1.28 bits per heavy atom. The summed E-state index contributed by atoms with van der Waals surface area (Å²) in [6.45, 7) is 3.27. The van der Waals surface area contributed by atoms with Crippen LogP contribution in [0, 0.1) is 0 Å². The molecule has 5 nitrogen and oxygen atoms in total. The first-order chi connectivity index (χ1) is 14.2. The van der Waals surface area contributed by atoms with E-state index in [1.54, 1.807) is 11.3 Å². The minimum absolute atomic E-state index is 0.0194. The second-order valence-corrected chi connectivity index (χ2v) is 8.69. The van der Waals surface area contributed by atoms with Gasteiger partial charge in [0.2, 0.25) is 5.91 Å². The van der Waals surface area contributed by atoms with Gasteiger partial charge in [0.15, 0.2) is 0 Å². The van der Waals surface area contributed by atoms with Crippen molar-refractivity contribution in [3.63, 3.8) is 0 Å². The van der Waals surface area contributed by atoms with Crippen LogP contribution in [0.5, 0.6) is 0 Å². The maximum absolute atomic E-state index is 12.7. The number of nitrogens with one attached hydrogen (secondary N) is 1. The second kappa shape index (κ2) is 7.61. The molecule has 1 saturated heterocycles. The summed E-state index contributed by atoms with van der Waals surface area (Å²) in [5.74, 6) is 0.801. The zero-order valence-corrected chi connectivity index (χ0v) is 17.1. The van der Waals surface area contributed by atoms with Crippen LogP contribution in [0.2, 0.25) is 0 Å². The first-order valence-corrected chi connectivity index (χ1v) is 10.9. The van der Waals surface area contributed by atoms with E-state index in [2.05, 4.69) is 22.3 Å². The molecule has 4 aromatic rings. The number of amides is 1. The van der Waals surface area contributed by atoms with E-state index in [0.29, 0.717) is 6.54 Å². The number of likely N-dealkylation sites (tertiary alicyclic amines) is 1. The van der Waals surface area contributed by atoms with Crippen molar-refractivity contribution in [3.05, 3.63) is 65.4 Å². The lowest BCUT2D eigenvalue weighted by Gasteiger charge is -2.23. The number of fused-ring (bicyclic) bond motifs is 2. The number of carbonyl (C=O) groups is 1. The number of nitrogens with zero attached hydrogens (tertiary/aromatic N) is 2. The maximum atomic E-state index is 12.7. The number of carbonyl (C=O) groups excluding carboxylic acids is 1. The Hall–Kier alpha value is -2.70. The average Bonchev–Trinajstić information content (AvgIpc) is 3.44. The molecule has 0 bridgehead atoms. The zero-order valence-electron chi connectivity index (χ0n) is 16.3. The van der Waals surface area contributed by atoms with Crippen LogP contribution in [0.15, 0.2) is 59.0 Å². The molecular formula is C23H23N3O2S. The van der Waals surface area contributed by atoms with Crippen LogP contribution in [-0.4, -0.2) is 28.9 Å². The number of furan rings is 1. The number of aromatic nitrogens is 1. The van der Waals surface area contributed by atoms with Crippen molar-refractivity contribution >= 4 is 38.4 Å². The number of hydrogen-bond acceptors (Lipinski definition) is 5. The largest absolute Gasteiger partial charge is 0.459 e. The summed E-state index contributed by atoms with van der Waals surface area (Å²) < 4.78 is 7.09. The topological polar surface area (TPSA) is 58.4 Å². The van der Waals surface area contributed by atoms with Gasteiger partial charge in [0, 0.05) is 5.39 Å². The molecule has 0 aliphatic carbocycles. The standard InChI is InChI=1S/C23H23N3O2S/c1-15(20-13-16-7-2-4-10-19(16)28-20)24-22(27)14-26-12-6-9-18(26)23-25-17-8-3-5-11-21(17)29-23/h2-5,7-8,10-11,13,15,18H,6,9,12,14H2,1H3,(H,24,27)/t15-,18+/m0/s1. The third kappa shape index (κ3) is 3.66. The van der Waals surface area contributed by atoms with Crippen LogP contribution < -0.4 is 5.32 Å². The molecule has 0 spiro atoms. The summed E-state index contributed by atoms with van der Waals surface area (Å²) in [4.78, 5) is 19.8. The number of hydrogen-bond donors (Lipinski definition) is 1. The van der Waals surface area contributed by atoms with E-state index in [4.69, 9.17) is 9.40 Å². The van der Waals surface area contributed by atoms with Crippen LogP contribution in [0.3, 0.4) is 0 Å². The minimum Gasteiger partial charge on any atom is -0.459 e. The van der Waals surface area contributed by atoms with Gasteiger partial charge in [0.05, 0.1) is 28.8 Å². The molecule has 5 rings (SSSR count). The Labute approximate surface area is 173 Å². The van der Waals surface area contributed by atoms with E-state index >= 15 is 0 Å². The van der Waals surface area contributed by atoms with E-state index in [-0.39, 0.29) is 18.0 Å². The number of benzene rings is 2. The quantitative estimate of drug-likeness (QED) is 0.504. The highest BCUT2D eigenvalue weighted by molar-refractivity contribution is 7.18. The molecule has 2 aromatic carbocycles. The predicted molar refractivity (Wildman–Crippen MR) is 116 cm³/mol. The van der Waals surface area contributed by atoms with Gasteiger partial charge in [0.1, 0.15) is 16.4 Å². The highest BCUT2D eigenvalue weighted by Gasteiger charge is 2.30. The minimum atomic E-state index is -0.168. The summed E-state index contributed by atoms with van der Waals surface area (Å²) in [6, 6.07) is 18.2. The molecule has 1 amide bonds. The monoisotopic (exact) mass is 405 g/mol. The molecule has 0 radical (unpaired) electrons. The predicted octanol–water partition coefficient (Wildman–Crippen LogP) is 5.06. The molecule has 29 heavy (non-hydrogen) atoms. The van der Waals surface area contributed by atoms with E-state index < -0.39 is 0 Å². The van der Waals surface area contributed by atoms with Crippen molar-refractivity contribution < 1.29 is 9.21 Å². The zero-order chi connectivity index (χ0) is 19.8. The highest BCUT2D eigenvalue weighted by atomic mass is 32.1. The van der Waals surface area contributed by atoms with Crippen LogP contribution >= 0.6 is 11.3 Å². The molecule has 2 aromatic heterocycles. The Balaban J connectivity index is 1.26. The molecule has 148 valence electrons. The van der Waals surface area contributed by atoms with Gasteiger partial charge in [-0.15, -0.1) is 11.3 Å². The first kappa shape index (κ1) is 18.3. The molecule has 0 saturated carbocycles. The van der Waals surface area contributed by atoms with Crippen LogP contribution in [0.4, 0.5) is 0 Å². The molecule has 1 aliphatic heterocycles. The van der Waals surface area contributed by atoms with Gasteiger partial charge in [0.25, 0.3) is 0 Å². The second-order valence-electron chi connectivity index (χ2n) is 7.62. The normalized spacial score (nSPS) is 18.4.